The van der Waals surface area contributed by atoms with Crippen molar-refractivity contribution in [1.82, 2.24) is 4.98 Å². The van der Waals surface area contributed by atoms with Gasteiger partial charge in [0.05, 0.1) is 21.0 Å². The first-order valence-electron chi connectivity index (χ1n) is 4.30. The molecule has 2 aromatic rings. The van der Waals surface area contributed by atoms with Gasteiger partial charge in [0.25, 0.3) is 0 Å². The Morgan fingerprint density at radius 1 is 1.53 bits per heavy atom. The lowest BCUT2D eigenvalue weighted by Crippen LogP contribution is -2.06. The normalized spacial score (nSPS) is 11.6. The van der Waals surface area contributed by atoms with E-state index < -0.39 is 11.2 Å². The number of para-hydroxylation sites is 1. The molecule has 0 aliphatic heterocycles. The van der Waals surface area contributed by atoms with Crippen LogP contribution in [-0.2, 0) is 4.79 Å². The van der Waals surface area contributed by atoms with E-state index in [2.05, 4.69) is 23.7 Å². The molecule has 0 aliphatic rings. The lowest BCUT2D eigenvalue weighted by molar-refractivity contribution is -0.136. The molecule has 0 bridgehead atoms. The van der Waals surface area contributed by atoms with Crippen molar-refractivity contribution in [3.8, 4) is 0 Å². The summed E-state index contributed by atoms with van der Waals surface area (Å²) < 4.78 is 1.26. The van der Waals surface area contributed by atoms with Crippen LogP contribution in [0.5, 0.6) is 0 Å². The zero-order valence-corrected chi connectivity index (χ0v) is 9.83. The van der Waals surface area contributed by atoms with Crippen molar-refractivity contribution in [3.05, 3.63) is 29.8 Å². The van der Waals surface area contributed by atoms with Gasteiger partial charge in [-0.1, -0.05) is 12.1 Å². The van der Waals surface area contributed by atoms with Gasteiger partial charge in [-0.05, 0) is 19.1 Å². The molecule has 1 N–H and O–H groups in total. The maximum Gasteiger partial charge on any atom is 0.316 e. The lowest BCUT2D eigenvalue weighted by Gasteiger charge is -1.88. The summed E-state index contributed by atoms with van der Waals surface area (Å²) in [5.74, 6) is -0.877. The topological polar surface area (TPSA) is 50.2 Å². The molecule has 80 valence electrons. The summed E-state index contributed by atoms with van der Waals surface area (Å²) in [6, 6.07) is 8.13. The second-order valence-corrected chi connectivity index (χ2v) is 4.50. The van der Waals surface area contributed by atoms with Crippen LogP contribution in [0.1, 0.15) is 6.92 Å². The minimum atomic E-state index is -0.877. The van der Waals surface area contributed by atoms with Gasteiger partial charge in [-0.25, -0.2) is 4.98 Å². The largest absolute Gasteiger partial charge is 0.480 e. The van der Waals surface area contributed by atoms with E-state index in [1.807, 2.05) is 23.7 Å². The van der Waals surface area contributed by atoms with Gasteiger partial charge in [0.2, 0.25) is 0 Å². The van der Waals surface area contributed by atoms with Crippen LogP contribution < -0.4 is 0 Å². The van der Waals surface area contributed by atoms with Crippen LogP contribution in [0.25, 0.3) is 10.2 Å². The van der Waals surface area contributed by atoms with Gasteiger partial charge < -0.3 is 5.11 Å². The molecule has 1 aromatic heterocycles. The van der Waals surface area contributed by atoms with Gasteiger partial charge in [-0.3, -0.25) is 4.79 Å². The number of hydrogen-bond donors (Lipinski definition) is 2. The second kappa shape index (κ2) is 5.72. The third-order valence-electron chi connectivity index (χ3n) is 1.59. The standard InChI is InChI=1S/C7H5NS.C3H6O2S/c1-2-4-7-6(3-1)8-5-9-7;1-2(6)3(4)5/h1-5H;2,6H,1H3,(H,4,5). The quantitative estimate of drug-likeness (QED) is 0.755. The summed E-state index contributed by atoms with van der Waals surface area (Å²) >= 11 is 5.27. The number of carbonyl (C=O) groups is 1. The van der Waals surface area contributed by atoms with Gasteiger partial charge in [-0.15, -0.1) is 11.3 Å². The van der Waals surface area contributed by atoms with Gasteiger partial charge in [0.1, 0.15) is 0 Å². The minimum Gasteiger partial charge on any atom is -0.480 e. The summed E-state index contributed by atoms with van der Waals surface area (Å²) in [5.41, 5.74) is 2.97. The van der Waals surface area contributed by atoms with Crippen LogP contribution in [0.2, 0.25) is 0 Å². The first-order valence-corrected chi connectivity index (χ1v) is 5.70. The van der Waals surface area contributed by atoms with Gasteiger partial charge in [-0.2, -0.15) is 12.6 Å². The molecule has 0 aliphatic carbocycles. The third-order valence-corrected chi connectivity index (χ3v) is 2.62. The number of carboxylic acids is 1. The average molecular weight is 241 g/mol. The van der Waals surface area contributed by atoms with Crippen molar-refractivity contribution in [3.63, 3.8) is 0 Å². The number of aromatic nitrogens is 1. The maximum atomic E-state index is 9.62. The van der Waals surface area contributed by atoms with Crippen LogP contribution in [0.3, 0.4) is 0 Å². The first kappa shape index (κ1) is 12.0. The SMILES string of the molecule is CC(S)C(=O)O.c1ccc2scnc2c1. The molecule has 1 atom stereocenters. The highest BCUT2D eigenvalue weighted by molar-refractivity contribution is 7.81. The number of thiol groups is 1. The molecule has 3 nitrogen and oxygen atoms in total. The van der Waals surface area contributed by atoms with E-state index in [-0.39, 0.29) is 0 Å². The number of aliphatic carboxylic acids is 1. The zero-order chi connectivity index (χ0) is 11.3. The molecule has 0 fully saturated rings. The highest BCUT2D eigenvalue weighted by atomic mass is 32.1. The van der Waals surface area contributed by atoms with E-state index in [0.29, 0.717) is 0 Å². The first-order chi connectivity index (χ1) is 7.11. The van der Waals surface area contributed by atoms with Crippen molar-refractivity contribution in [2.75, 3.05) is 0 Å². The maximum absolute atomic E-state index is 9.62. The van der Waals surface area contributed by atoms with Crippen molar-refractivity contribution in [1.29, 1.82) is 0 Å². The number of thiazole rings is 1. The van der Waals surface area contributed by atoms with E-state index >= 15 is 0 Å². The van der Waals surface area contributed by atoms with Crippen LogP contribution in [0.15, 0.2) is 29.8 Å². The zero-order valence-electron chi connectivity index (χ0n) is 8.12. The molecule has 1 heterocycles. The van der Waals surface area contributed by atoms with Gasteiger partial charge >= 0.3 is 5.97 Å². The summed E-state index contributed by atoms with van der Waals surface area (Å²) in [7, 11) is 0. The van der Waals surface area contributed by atoms with Crippen LogP contribution in [0.4, 0.5) is 0 Å². The fourth-order valence-corrected chi connectivity index (χ4v) is 1.48. The van der Waals surface area contributed by atoms with E-state index in [1.165, 1.54) is 11.6 Å². The van der Waals surface area contributed by atoms with Crippen molar-refractivity contribution < 1.29 is 9.90 Å². The van der Waals surface area contributed by atoms with Crippen molar-refractivity contribution in [2.45, 2.75) is 12.2 Å². The molecule has 0 spiro atoms. The van der Waals surface area contributed by atoms with E-state index in [1.54, 1.807) is 11.3 Å². The van der Waals surface area contributed by atoms with Crippen LogP contribution >= 0.6 is 24.0 Å². The monoisotopic (exact) mass is 241 g/mol. The summed E-state index contributed by atoms with van der Waals surface area (Å²) in [4.78, 5) is 13.8. The van der Waals surface area contributed by atoms with E-state index in [9.17, 15) is 4.79 Å². The number of carboxylic acid groups (broad SMARTS) is 1. The number of fused-ring (bicyclic) bond motifs is 1. The predicted molar refractivity (Wildman–Crippen MR) is 65.7 cm³/mol. The average Bonchev–Trinajstić information content (AvgIpc) is 2.66. The van der Waals surface area contributed by atoms with E-state index in [4.69, 9.17) is 5.11 Å². The molecular formula is C10H11NO2S2. The molecule has 2 rings (SSSR count). The fourth-order valence-electron chi connectivity index (χ4n) is 0.803. The lowest BCUT2D eigenvalue weighted by atomic mass is 10.3. The number of nitrogens with zero attached hydrogens (tertiary/aromatic N) is 1. The molecule has 0 radical (unpaired) electrons. The Kier molecular flexibility index (Phi) is 4.58. The smallest absolute Gasteiger partial charge is 0.316 e. The highest BCUT2D eigenvalue weighted by Crippen LogP contribution is 2.15. The molecule has 1 unspecified atom stereocenters. The second-order valence-electron chi connectivity index (χ2n) is 2.83. The molecule has 0 saturated carbocycles. The predicted octanol–water partition coefficient (Wildman–Crippen LogP) is 2.69. The number of hydrogen-bond acceptors (Lipinski definition) is 4. The number of rotatable bonds is 1. The Bertz CT molecular complexity index is 409. The Balaban J connectivity index is 0.000000167. The van der Waals surface area contributed by atoms with Crippen LogP contribution in [-0.4, -0.2) is 21.3 Å². The summed E-state index contributed by atoms with van der Waals surface area (Å²) in [6.45, 7) is 1.51. The van der Waals surface area contributed by atoms with E-state index in [0.717, 1.165) is 5.52 Å². The highest BCUT2D eigenvalue weighted by Gasteiger charge is 2.00. The molecule has 5 heteroatoms. The number of benzene rings is 1. The van der Waals surface area contributed by atoms with Crippen molar-refractivity contribution >= 4 is 40.2 Å². The fraction of sp³-hybridized carbons (Fsp3) is 0.200. The molecule has 0 saturated heterocycles. The summed E-state index contributed by atoms with van der Waals surface area (Å²) in [6.07, 6.45) is 0. The summed E-state index contributed by atoms with van der Waals surface area (Å²) in [5, 5.41) is 7.38. The molecule has 0 amide bonds. The van der Waals surface area contributed by atoms with Crippen LogP contribution in [0, 0.1) is 0 Å². The third kappa shape index (κ3) is 3.89. The Hall–Kier alpha value is -1.07. The molecular weight excluding hydrogens is 230 g/mol. The molecule has 1 aromatic carbocycles. The van der Waals surface area contributed by atoms with Crippen molar-refractivity contribution in [2.24, 2.45) is 0 Å². The molecule has 15 heavy (non-hydrogen) atoms. The van der Waals surface area contributed by atoms with Gasteiger partial charge in [0, 0.05) is 0 Å². The Morgan fingerprint density at radius 2 is 2.13 bits per heavy atom. The Labute approximate surface area is 97.2 Å². The Morgan fingerprint density at radius 3 is 2.67 bits per heavy atom. The van der Waals surface area contributed by atoms with Gasteiger partial charge in [0.15, 0.2) is 0 Å². The minimum absolute atomic E-state index is 0.537.